The van der Waals surface area contributed by atoms with Crippen molar-refractivity contribution in [2.24, 2.45) is 0 Å². The van der Waals surface area contributed by atoms with E-state index in [1.807, 2.05) is 6.07 Å². The van der Waals surface area contributed by atoms with Gasteiger partial charge in [0.15, 0.2) is 17.8 Å². The standard InChI is InChI=1S/C8H6O3/c9-8-5-10-6-3-1-2-4-7(6)11-8/h1-5,9H. The zero-order valence-corrected chi connectivity index (χ0v) is 5.65. The Hall–Kier alpha value is -1.64. The molecule has 0 unspecified atom stereocenters. The third-order valence-electron chi connectivity index (χ3n) is 1.35. The fourth-order valence-corrected chi connectivity index (χ4v) is 0.882. The molecule has 0 bridgehead atoms. The summed E-state index contributed by atoms with van der Waals surface area (Å²) in [6.45, 7) is 0. The highest BCUT2D eigenvalue weighted by Gasteiger charge is 2.10. The van der Waals surface area contributed by atoms with Crippen LogP contribution in [0.2, 0.25) is 0 Å². The van der Waals surface area contributed by atoms with Gasteiger partial charge in [-0.2, -0.15) is 0 Å². The van der Waals surface area contributed by atoms with Crippen LogP contribution < -0.4 is 9.47 Å². The number of benzene rings is 1. The Labute approximate surface area is 63.5 Å². The van der Waals surface area contributed by atoms with E-state index in [9.17, 15) is 0 Å². The Morgan fingerprint density at radius 1 is 1.09 bits per heavy atom. The molecule has 1 N–H and O–H groups in total. The van der Waals surface area contributed by atoms with Gasteiger partial charge in [0.05, 0.1) is 0 Å². The number of hydrogen-bond acceptors (Lipinski definition) is 3. The maximum absolute atomic E-state index is 8.87. The Bertz CT molecular complexity index is 304. The minimum atomic E-state index is -0.219. The summed E-state index contributed by atoms with van der Waals surface area (Å²) in [7, 11) is 0. The van der Waals surface area contributed by atoms with Gasteiger partial charge in [-0.3, -0.25) is 0 Å². The topological polar surface area (TPSA) is 38.7 Å². The van der Waals surface area contributed by atoms with E-state index in [0.29, 0.717) is 11.5 Å². The van der Waals surface area contributed by atoms with Crippen molar-refractivity contribution in [1.29, 1.82) is 0 Å². The van der Waals surface area contributed by atoms with Gasteiger partial charge in [0.25, 0.3) is 0 Å². The number of para-hydroxylation sites is 2. The molecule has 0 aliphatic carbocycles. The van der Waals surface area contributed by atoms with E-state index in [1.54, 1.807) is 18.2 Å². The minimum Gasteiger partial charge on any atom is -0.478 e. The molecule has 0 radical (unpaired) electrons. The van der Waals surface area contributed by atoms with Crippen molar-refractivity contribution in [1.82, 2.24) is 0 Å². The van der Waals surface area contributed by atoms with Gasteiger partial charge in [-0.25, -0.2) is 0 Å². The van der Waals surface area contributed by atoms with Gasteiger partial charge in [0.1, 0.15) is 0 Å². The molecule has 1 aromatic carbocycles. The van der Waals surface area contributed by atoms with E-state index in [-0.39, 0.29) is 5.95 Å². The Balaban J connectivity index is 2.42. The molecule has 0 saturated carbocycles. The maximum atomic E-state index is 8.87. The summed E-state index contributed by atoms with van der Waals surface area (Å²) in [6, 6.07) is 7.12. The first-order chi connectivity index (χ1) is 5.36. The predicted molar refractivity (Wildman–Crippen MR) is 38.4 cm³/mol. The van der Waals surface area contributed by atoms with Gasteiger partial charge in [-0.15, -0.1) is 0 Å². The SMILES string of the molecule is OC1=COc2ccccc2O1. The minimum absolute atomic E-state index is 0.219. The lowest BCUT2D eigenvalue weighted by Crippen LogP contribution is -2.03. The van der Waals surface area contributed by atoms with Crippen LogP contribution in [0.25, 0.3) is 0 Å². The van der Waals surface area contributed by atoms with E-state index in [4.69, 9.17) is 14.6 Å². The Morgan fingerprint density at radius 2 is 1.82 bits per heavy atom. The van der Waals surface area contributed by atoms with Crippen LogP contribution in [0.5, 0.6) is 11.5 Å². The lowest BCUT2D eigenvalue weighted by atomic mass is 10.3. The molecule has 0 spiro atoms. The average Bonchev–Trinajstić information content (AvgIpc) is 2.04. The second kappa shape index (κ2) is 2.20. The quantitative estimate of drug-likeness (QED) is 0.613. The smallest absolute Gasteiger partial charge is 0.319 e. The highest BCUT2D eigenvalue weighted by atomic mass is 16.6. The van der Waals surface area contributed by atoms with Crippen molar-refractivity contribution >= 4 is 0 Å². The van der Waals surface area contributed by atoms with Gasteiger partial charge >= 0.3 is 5.95 Å². The van der Waals surface area contributed by atoms with Gasteiger partial charge in [0.2, 0.25) is 0 Å². The second-order valence-electron chi connectivity index (χ2n) is 2.12. The number of hydrogen-bond donors (Lipinski definition) is 1. The zero-order chi connectivity index (χ0) is 7.68. The highest BCUT2D eigenvalue weighted by molar-refractivity contribution is 5.41. The second-order valence-corrected chi connectivity index (χ2v) is 2.12. The molecular formula is C8H6O3. The fourth-order valence-electron chi connectivity index (χ4n) is 0.882. The lowest BCUT2D eigenvalue weighted by Gasteiger charge is -2.13. The van der Waals surface area contributed by atoms with E-state index in [2.05, 4.69) is 0 Å². The molecule has 0 atom stereocenters. The molecular weight excluding hydrogens is 144 g/mol. The van der Waals surface area contributed by atoms with Crippen LogP contribution >= 0.6 is 0 Å². The molecule has 3 nitrogen and oxygen atoms in total. The molecule has 1 aliphatic heterocycles. The molecule has 1 aliphatic rings. The van der Waals surface area contributed by atoms with Crippen molar-refractivity contribution in [3.05, 3.63) is 36.5 Å². The molecule has 0 aromatic heterocycles. The lowest BCUT2D eigenvalue weighted by molar-refractivity contribution is 0.171. The van der Waals surface area contributed by atoms with E-state index >= 15 is 0 Å². The monoisotopic (exact) mass is 150 g/mol. The van der Waals surface area contributed by atoms with Crippen LogP contribution in [-0.4, -0.2) is 5.11 Å². The summed E-state index contributed by atoms with van der Waals surface area (Å²) in [5, 5.41) is 8.87. The van der Waals surface area contributed by atoms with Gasteiger partial charge < -0.3 is 14.6 Å². The summed E-state index contributed by atoms with van der Waals surface area (Å²) in [6.07, 6.45) is 1.16. The van der Waals surface area contributed by atoms with Crippen LogP contribution in [0.1, 0.15) is 0 Å². The van der Waals surface area contributed by atoms with E-state index < -0.39 is 0 Å². The molecule has 0 amide bonds. The van der Waals surface area contributed by atoms with Crippen molar-refractivity contribution in [3.63, 3.8) is 0 Å². The maximum Gasteiger partial charge on any atom is 0.319 e. The van der Waals surface area contributed by atoms with Gasteiger partial charge in [-0.1, -0.05) is 12.1 Å². The summed E-state index contributed by atoms with van der Waals surface area (Å²) in [4.78, 5) is 0. The number of aliphatic hydroxyl groups excluding tert-OH is 1. The van der Waals surface area contributed by atoms with Crippen LogP contribution in [0, 0.1) is 0 Å². The third-order valence-corrected chi connectivity index (χ3v) is 1.35. The van der Waals surface area contributed by atoms with Crippen LogP contribution in [0.4, 0.5) is 0 Å². The third kappa shape index (κ3) is 1.00. The molecule has 1 heterocycles. The first kappa shape index (κ1) is 6.09. The summed E-state index contributed by atoms with van der Waals surface area (Å²) >= 11 is 0. The Morgan fingerprint density at radius 3 is 2.64 bits per heavy atom. The molecule has 1 aromatic rings. The van der Waals surface area contributed by atoms with Gasteiger partial charge in [0, 0.05) is 0 Å². The first-order valence-electron chi connectivity index (χ1n) is 3.19. The van der Waals surface area contributed by atoms with Crippen molar-refractivity contribution in [2.45, 2.75) is 0 Å². The van der Waals surface area contributed by atoms with Gasteiger partial charge in [-0.05, 0) is 12.1 Å². The molecule has 0 fully saturated rings. The summed E-state index contributed by atoms with van der Waals surface area (Å²) in [5.74, 6) is 0.932. The van der Waals surface area contributed by atoms with Crippen molar-refractivity contribution in [2.75, 3.05) is 0 Å². The molecule has 2 rings (SSSR count). The number of aliphatic hydroxyl groups is 1. The van der Waals surface area contributed by atoms with Crippen LogP contribution in [-0.2, 0) is 0 Å². The zero-order valence-electron chi connectivity index (χ0n) is 5.65. The number of ether oxygens (including phenoxy) is 2. The average molecular weight is 150 g/mol. The molecule has 56 valence electrons. The predicted octanol–water partition coefficient (Wildman–Crippen LogP) is 1.81. The fraction of sp³-hybridized carbons (Fsp3) is 0. The molecule has 11 heavy (non-hydrogen) atoms. The highest BCUT2D eigenvalue weighted by Crippen LogP contribution is 2.30. The number of fused-ring (bicyclic) bond motifs is 1. The normalized spacial score (nSPS) is 14.0. The Kier molecular flexibility index (Phi) is 1.22. The molecule has 0 saturated heterocycles. The van der Waals surface area contributed by atoms with Crippen LogP contribution in [0.3, 0.4) is 0 Å². The summed E-state index contributed by atoms with van der Waals surface area (Å²) < 4.78 is 9.92. The van der Waals surface area contributed by atoms with Crippen molar-refractivity contribution in [3.8, 4) is 11.5 Å². The summed E-state index contributed by atoms with van der Waals surface area (Å²) in [5.41, 5.74) is 0. The van der Waals surface area contributed by atoms with Crippen molar-refractivity contribution < 1.29 is 14.6 Å². The van der Waals surface area contributed by atoms with E-state index in [0.717, 1.165) is 6.26 Å². The number of rotatable bonds is 0. The largest absolute Gasteiger partial charge is 0.478 e. The first-order valence-corrected chi connectivity index (χ1v) is 3.19. The molecule has 3 heteroatoms. The van der Waals surface area contributed by atoms with Crippen LogP contribution in [0.15, 0.2) is 36.5 Å². The van der Waals surface area contributed by atoms with E-state index in [1.165, 1.54) is 0 Å².